The van der Waals surface area contributed by atoms with Gasteiger partial charge in [-0.15, -0.1) is 0 Å². The molecule has 2 aromatic carbocycles. The second-order valence-corrected chi connectivity index (χ2v) is 9.86. The van der Waals surface area contributed by atoms with Gasteiger partial charge in [-0.05, 0) is 49.1 Å². The summed E-state index contributed by atoms with van der Waals surface area (Å²) in [4.78, 5) is 24.4. The van der Waals surface area contributed by atoms with Gasteiger partial charge in [0.25, 0.3) is 5.91 Å². The first-order valence-electron chi connectivity index (χ1n) is 9.87. The Kier molecular flexibility index (Phi) is 5.92. The van der Waals surface area contributed by atoms with Gasteiger partial charge in [-0.2, -0.15) is 4.31 Å². The van der Waals surface area contributed by atoms with Gasteiger partial charge in [0.2, 0.25) is 15.9 Å². The molecular weight excluding hydrogens is 442 g/mol. The van der Waals surface area contributed by atoms with E-state index in [0.717, 1.165) is 5.56 Å². The Labute approximate surface area is 185 Å². The van der Waals surface area contributed by atoms with Crippen molar-refractivity contribution in [3.05, 3.63) is 52.5 Å². The predicted octanol–water partition coefficient (Wildman–Crippen LogP) is 2.45. The van der Waals surface area contributed by atoms with Crippen LogP contribution in [0.3, 0.4) is 0 Å². The van der Waals surface area contributed by atoms with Crippen LogP contribution in [0.5, 0.6) is 5.75 Å². The maximum atomic E-state index is 13.4. The molecule has 2 heterocycles. The average molecular weight is 464 g/mol. The van der Waals surface area contributed by atoms with E-state index in [0.29, 0.717) is 34.9 Å². The Hall–Kier alpha value is -2.62. The van der Waals surface area contributed by atoms with Crippen molar-refractivity contribution in [2.45, 2.75) is 37.2 Å². The lowest BCUT2D eigenvalue weighted by molar-refractivity contribution is -0.124. The maximum Gasteiger partial charge on any atom is 0.262 e. The molecule has 0 bridgehead atoms. The van der Waals surface area contributed by atoms with Gasteiger partial charge < -0.3 is 15.4 Å². The highest BCUT2D eigenvalue weighted by Gasteiger charge is 2.40. The third kappa shape index (κ3) is 4.39. The Morgan fingerprint density at radius 2 is 2.03 bits per heavy atom. The number of nitrogens with one attached hydrogen (secondary N) is 2. The monoisotopic (exact) mass is 463 g/mol. The lowest BCUT2D eigenvalue weighted by Crippen LogP contribution is -2.45. The van der Waals surface area contributed by atoms with E-state index in [9.17, 15) is 18.0 Å². The molecule has 2 aliphatic heterocycles. The van der Waals surface area contributed by atoms with Gasteiger partial charge >= 0.3 is 0 Å². The highest BCUT2D eigenvalue weighted by molar-refractivity contribution is 7.89. The molecule has 1 fully saturated rings. The Bertz CT molecular complexity index is 1130. The number of benzene rings is 2. The molecule has 1 saturated heterocycles. The van der Waals surface area contributed by atoms with Crippen LogP contribution in [-0.2, 0) is 26.2 Å². The first kappa shape index (κ1) is 21.6. The fraction of sp³-hybridized carbons (Fsp3) is 0.333. The summed E-state index contributed by atoms with van der Waals surface area (Å²) in [5.41, 5.74) is 1.78. The summed E-state index contributed by atoms with van der Waals surface area (Å²) in [5.74, 6) is -0.332. The van der Waals surface area contributed by atoms with E-state index >= 15 is 0 Å². The summed E-state index contributed by atoms with van der Waals surface area (Å²) in [6.07, 6.45) is 1.04. The number of carbonyl (C=O) groups is 2. The topological polar surface area (TPSA) is 105 Å². The van der Waals surface area contributed by atoms with Gasteiger partial charge in [0.1, 0.15) is 11.8 Å². The molecule has 0 saturated carbocycles. The number of anilines is 1. The van der Waals surface area contributed by atoms with Crippen LogP contribution in [0, 0.1) is 6.92 Å². The highest BCUT2D eigenvalue weighted by Crippen LogP contribution is 2.36. The largest absolute Gasteiger partial charge is 0.482 e. The Balaban J connectivity index is 1.54. The molecule has 0 aliphatic carbocycles. The summed E-state index contributed by atoms with van der Waals surface area (Å²) in [6.45, 7) is 2.02. The number of fused-ring (bicyclic) bond motifs is 1. The predicted molar refractivity (Wildman–Crippen MR) is 116 cm³/mol. The van der Waals surface area contributed by atoms with Crippen LogP contribution in [-0.4, -0.2) is 43.7 Å². The number of hydrogen-bond donors (Lipinski definition) is 2. The molecule has 0 aromatic heterocycles. The summed E-state index contributed by atoms with van der Waals surface area (Å²) in [5, 5.41) is 6.09. The second kappa shape index (κ2) is 8.49. The van der Waals surface area contributed by atoms with E-state index < -0.39 is 16.1 Å². The number of ether oxygens (including phenoxy) is 1. The zero-order valence-corrected chi connectivity index (χ0v) is 18.4. The lowest BCUT2D eigenvalue weighted by atomic mass is 10.2. The van der Waals surface area contributed by atoms with E-state index in [-0.39, 0.29) is 36.4 Å². The zero-order chi connectivity index (χ0) is 22.2. The van der Waals surface area contributed by atoms with Gasteiger partial charge in [0, 0.05) is 24.2 Å². The van der Waals surface area contributed by atoms with E-state index in [1.807, 2.05) is 0 Å². The average Bonchev–Trinajstić information content (AvgIpc) is 3.23. The molecule has 1 unspecified atom stereocenters. The summed E-state index contributed by atoms with van der Waals surface area (Å²) in [7, 11) is -3.94. The third-order valence-electron chi connectivity index (χ3n) is 5.38. The molecule has 8 nitrogen and oxygen atoms in total. The number of amides is 2. The SMILES string of the molecule is Cc1cc2c(cc1S(=O)(=O)N1CCCC1C(=O)NCc1ccc(Cl)cc1)OCC(=O)N2. The highest BCUT2D eigenvalue weighted by atomic mass is 35.5. The van der Waals surface area contributed by atoms with Gasteiger partial charge in [0.15, 0.2) is 6.61 Å². The third-order valence-corrected chi connectivity index (χ3v) is 7.69. The second-order valence-electron chi connectivity index (χ2n) is 7.57. The van der Waals surface area contributed by atoms with Gasteiger partial charge in [0.05, 0.1) is 10.6 Å². The minimum absolute atomic E-state index is 0.0693. The fourth-order valence-corrected chi connectivity index (χ4v) is 5.83. The zero-order valence-electron chi connectivity index (χ0n) is 16.9. The normalized spacial score (nSPS) is 18.8. The number of aryl methyl sites for hydroxylation is 1. The van der Waals surface area contributed by atoms with Crippen LogP contribution in [0.1, 0.15) is 24.0 Å². The maximum absolute atomic E-state index is 13.4. The van der Waals surface area contributed by atoms with Crippen LogP contribution < -0.4 is 15.4 Å². The minimum Gasteiger partial charge on any atom is -0.482 e. The van der Waals surface area contributed by atoms with Crippen molar-refractivity contribution >= 4 is 39.1 Å². The quantitative estimate of drug-likeness (QED) is 0.708. The van der Waals surface area contributed by atoms with Crippen molar-refractivity contribution in [3.8, 4) is 5.75 Å². The molecule has 0 radical (unpaired) electrons. The Morgan fingerprint density at radius 1 is 1.29 bits per heavy atom. The molecular formula is C21H22ClN3O5S. The van der Waals surface area contributed by atoms with Crippen molar-refractivity contribution in [3.63, 3.8) is 0 Å². The van der Waals surface area contributed by atoms with Gasteiger partial charge in [-0.25, -0.2) is 8.42 Å². The molecule has 10 heteroatoms. The molecule has 2 N–H and O–H groups in total. The first-order valence-corrected chi connectivity index (χ1v) is 11.7. The minimum atomic E-state index is -3.94. The van der Waals surface area contributed by atoms with Crippen molar-refractivity contribution in [1.29, 1.82) is 0 Å². The molecule has 2 aromatic rings. The van der Waals surface area contributed by atoms with Crippen molar-refractivity contribution in [1.82, 2.24) is 9.62 Å². The summed E-state index contributed by atoms with van der Waals surface area (Å²) >= 11 is 5.88. The van der Waals surface area contributed by atoms with Crippen LogP contribution in [0.25, 0.3) is 0 Å². The van der Waals surface area contributed by atoms with E-state index in [2.05, 4.69) is 10.6 Å². The number of rotatable bonds is 5. The number of sulfonamides is 1. The molecule has 1 atom stereocenters. The van der Waals surface area contributed by atoms with Gasteiger partial charge in [-0.1, -0.05) is 23.7 Å². The molecule has 4 rings (SSSR count). The molecule has 31 heavy (non-hydrogen) atoms. The van der Waals surface area contributed by atoms with Crippen LogP contribution in [0.15, 0.2) is 41.3 Å². The van der Waals surface area contributed by atoms with E-state index in [4.69, 9.17) is 16.3 Å². The van der Waals surface area contributed by atoms with E-state index in [1.54, 1.807) is 37.3 Å². The van der Waals surface area contributed by atoms with Gasteiger partial charge in [-0.3, -0.25) is 9.59 Å². The number of carbonyl (C=O) groups excluding carboxylic acids is 2. The summed E-state index contributed by atoms with van der Waals surface area (Å²) in [6, 6.07) is 9.29. The standard InChI is InChI=1S/C21H22ClN3O5S/c1-13-9-16-18(30-12-20(26)24-16)10-19(13)31(28,29)25-8-2-3-17(25)21(27)23-11-14-4-6-15(22)7-5-14/h4-7,9-10,17H,2-3,8,11-12H2,1H3,(H,23,27)(H,24,26). The summed E-state index contributed by atoms with van der Waals surface area (Å²) < 4.78 is 33.5. The van der Waals surface area contributed by atoms with Crippen molar-refractivity contribution in [2.75, 3.05) is 18.5 Å². The molecule has 0 spiro atoms. The van der Waals surface area contributed by atoms with Crippen molar-refractivity contribution < 1.29 is 22.7 Å². The Morgan fingerprint density at radius 3 is 2.77 bits per heavy atom. The van der Waals surface area contributed by atoms with E-state index in [1.165, 1.54) is 10.4 Å². The fourth-order valence-electron chi connectivity index (χ4n) is 3.82. The first-order chi connectivity index (χ1) is 14.8. The molecule has 164 valence electrons. The molecule has 2 aliphatic rings. The smallest absolute Gasteiger partial charge is 0.262 e. The van der Waals surface area contributed by atoms with Crippen LogP contribution in [0.4, 0.5) is 5.69 Å². The number of hydrogen-bond acceptors (Lipinski definition) is 5. The van der Waals surface area contributed by atoms with Crippen LogP contribution in [0.2, 0.25) is 5.02 Å². The number of halogens is 1. The van der Waals surface area contributed by atoms with Crippen molar-refractivity contribution in [2.24, 2.45) is 0 Å². The lowest BCUT2D eigenvalue weighted by Gasteiger charge is -2.26. The molecule has 2 amide bonds. The number of nitrogens with zero attached hydrogens (tertiary/aromatic N) is 1. The van der Waals surface area contributed by atoms with Crippen LogP contribution >= 0.6 is 11.6 Å².